The molecule has 0 saturated carbocycles. The lowest BCUT2D eigenvalue weighted by Gasteiger charge is -2.12. The molecule has 0 aromatic heterocycles. The molecule has 0 radical (unpaired) electrons. The SMILES string of the molecule is CCOc1cccc(/C=C2/SC(=Nc3ccccc3F)N(CC)C2=O)c1. The van der Waals surface area contributed by atoms with Gasteiger partial charge in [0.1, 0.15) is 17.3 Å². The van der Waals surface area contributed by atoms with Gasteiger partial charge in [-0.2, -0.15) is 0 Å². The molecule has 1 heterocycles. The second-order valence-corrected chi connectivity index (χ2v) is 6.52. The van der Waals surface area contributed by atoms with Crippen molar-refractivity contribution in [2.24, 2.45) is 4.99 Å². The molecule has 1 amide bonds. The van der Waals surface area contributed by atoms with E-state index < -0.39 is 5.82 Å². The van der Waals surface area contributed by atoms with Crippen LogP contribution in [0.4, 0.5) is 10.1 Å². The van der Waals surface area contributed by atoms with Crippen LogP contribution in [0.1, 0.15) is 19.4 Å². The van der Waals surface area contributed by atoms with Crippen LogP contribution in [0.25, 0.3) is 6.08 Å². The molecule has 1 saturated heterocycles. The van der Waals surface area contributed by atoms with Crippen LogP contribution in [0, 0.1) is 5.82 Å². The summed E-state index contributed by atoms with van der Waals surface area (Å²) in [4.78, 5) is 19.1. The number of thioether (sulfide) groups is 1. The molecule has 0 unspecified atom stereocenters. The number of nitrogens with zero attached hydrogens (tertiary/aromatic N) is 2. The average Bonchev–Trinajstić information content (AvgIpc) is 2.92. The summed E-state index contributed by atoms with van der Waals surface area (Å²) in [6.45, 7) is 4.84. The number of ether oxygens (including phenoxy) is 1. The first-order valence-electron chi connectivity index (χ1n) is 8.40. The maximum absolute atomic E-state index is 13.9. The van der Waals surface area contributed by atoms with Crippen molar-refractivity contribution < 1.29 is 13.9 Å². The quantitative estimate of drug-likeness (QED) is 0.707. The van der Waals surface area contributed by atoms with Crippen molar-refractivity contribution in [3.63, 3.8) is 0 Å². The molecule has 0 aliphatic carbocycles. The summed E-state index contributed by atoms with van der Waals surface area (Å²) in [6, 6.07) is 13.8. The number of halogens is 1. The number of carbonyl (C=O) groups excluding carboxylic acids is 1. The Labute approximate surface area is 156 Å². The zero-order valence-electron chi connectivity index (χ0n) is 14.6. The van der Waals surface area contributed by atoms with Crippen LogP contribution in [-0.2, 0) is 4.79 Å². The highest BCUT2D eigenvalue weighted by Crippen LogP contribution is 2.34. The standard InChI is InChI=1S/C20H19FN2O2S/c1-3-23-19(24)18(13-14-8-7-9-15(12-14)25-4-2)26-20(23)22-17-11-6-5-10-16(17)21/h5-13H,3-4H2,1-2H3/b18-13+,22-20?. The predicted octanol–water partition coefficient (Wildman–Crippen LogP) is 4.85. The minimum Gasteiger partial charge on any atom is -0.494 e. The Morgan fingerprint density at radius 1 is 1.19 bits per heavy atom. The summed E-state index contributed by atoms with van der Waals surface area (Å²) < 4.78 is 19.4. The van der Waals surface area contributed by atoms with E-state index in [9.17, 15) is 9.18 Å². The van der Waals surface area contributed by atoms with Crippen molar-refractivity contribution in [3.05, 3.63) is 64.8 Å². The zero-order valence-corrected chi connectivity index (χ0v) is 15.4. The van der Waals surface area contributed by atoms with Gasteiger partial charge in [0, 0.05) is 6.54 Å². The second kappa shape index (κ2) is 8.19. The fraction of sp³-hybridized carbons (Fsp3) is 0.200. The van der Waals surface area contributed by atoms with Gasteiger partial charge in [-0.3, -0.25) is 9.69 Å². The van der Waals surface area contributed by atoms with Crippen molar-refractivity contribution in [1.29, 1.82) is 0 Å². The number of rotatable bonds is 5. The van der Waals surface area contributed by atoms with Gasteiger partial charge < -0.3 is 4.74 Å². The normalized spacial score (nSPS) is 17.3. The van der Waals surface area contributed by atoms with Crippen LogP contribution in [0.2, 0.25) is 0 Å². The third-order valence-corrected chi connectivity index (χ3v) is 4.75. The lowest BCUT2D eigenvalue weighted by atomic mass is 10.2. The molecule has 6 heteroatoms. The zero-order chi connectivity index (χ0) is 18.5. The van der Waals surface area contributed by atoms with Gasteiger partial charge in [-0.25, -0.2) is 9.38 Å². The molecule has 4 nitrogen and oxygen atoms in total. The molecule has 0 spiro atoms. The molecule has 0 N–H and O–H groups in total. The molecule has 1 fully saturated rings. The first-order valence-corrected chi connectivity index (χ1v) is 9.21. The third kappa shape index (κ3) is 3.96. The maximum atomic E-state index is 13.9. The van der Waals surface area contributed by atoms with E-state index in [0.717, 1.165) is 11.3 Å². The Bertz CT molecular complexity index is 880. The number of likely N-dealkylation sites (N-methyl/N-ethyl adjacent to an activating group) is 1. The van der Waals surface area contributed by atoms with Crippen LogP contribution in [0.15, 0.2) is 58.4 Å². The van der Waals surface area contributed by atoms with E-state index in [1.165, 1.54) is 17.8 Å². The third-order valence-electron chi connectivity index (χ3n) is 3.74. The topological polar surface area (TPSA) is 41.9 Å². The van der Waals surface area contributed by atoms with Crippen LogP contribution >= 0.6 is 11.8 Å². The Morgan fingerprint density at radius 3 is 2.73 bits per heavy atom. The van der Waals surface area contributed by atoms with E-state index >= 15 is 0 Å². The predicted molar refractivity (Wildman–Crippen MR) is 104 cm³/mol. The molecule has 3 rings (SSSR count). The summed E-state index contributed by atoms with van der Waals surface area (Å²) in [7, 11) is 0. The average molecular weight is 370 g/mol. The fourth-order valence-corrected chi connectivity index (χ4v) is 3.58. The van der Waals surface area contributed by atoms with E-state index in [0.29, 0.717) is 23.2 Å². The first-order chi connectivity index (χ1) is 12.6. The van der Waals surface area contributed by atoms with Gasteiger partial charge in [-0.05, 0) is 61.5 Å². The van der Waals surface area contributed by atoms with Gasteiger partial charge in [-0.1, -0.05) is 24.3 Å². The van der Waals surface area contributed by atoms with Gasteiger partial charge in [0.25, 0.3) is 5.91 Å². The molecule has 0 bridgehead atoms. The molecule has 134 valence electrons. The molecule has 26 heavy (non-hydrogen) atoms. The summed E-state index contributed by atoms with van der Waals surface area (Å²) in [5.74, 6) is 0.213. The summed E-state index contributed by atoms with van der Waals surface area (Å²) >= 11 is 1.25. The molecular formula is C20H19FN2O2S. The highest BCUT2D eigenvalue weighted by Gasteiger charge is 2.32. The number of hydrogen-bond donors (Lipinski definition) is 0. The van der Waals surface area contributed by atoms with Gasteiger partial charge in [0.05, 0.1) is 11.5 Å². The number of hydrogen-bond acceptors (Lipinski definition) is 4. The van der Waals surface area contributed by atoms with Crippen molar-refractivity contribution in [2.75, 3.05) is 13.2 Å². The second-order valence-electron chi connectivity index (χ2n) is 5.51. The van der Waals surface area contributed by atoms with E-state index in [2.05, 4.69) is 4.99 Å². The smallest absolute Gasteiger partial charge is 0.266 e. The van der Waals surface area contributed by atoms with Crippen LogP contribution in [0.3, 0.4) is 0 Å². The van der Waals surface area contributed by atoms with Gasteiger partial charge in [0.2, 0.25) is 0 Å². The van der Waals surface area contributed by atoms with Crippen molar-refractivity contribution in [2.45, 2.75) is 13.8 Å². The van der Waals surface area contributed by atoms with E-state index in [-0.39, 0.29) is 11.6 Å². The molecule has 1 aliphatic rings. The lowest BCUT2D eigenvalue weighted by Crippen LogP contribution is -2.28. The Kier molecular flexibility index (Phi) is 5.73. The van der Waals surface area contributed by atoms with E-state index in [4.69, 9.17) is 4.74 Å². The minimum absolute atomic E-state index is 0.130. The highest BCUT2D eigenvalue weighted by atomic mass is 32.2. The number of amides is 1. The van der Waals surface area contributed by atoms with Crippen LogP contribution in [-0.4, -0.2) is 29.1 Å². The summed E-state index contributed by atoms with van der Waals surface area (Å²) in [5, 5.41) is 0.481. The molecule has 1 aliphatic heterocycles. The largest absolute Gasteiger partial charge is 0.494 e. The van der Waals surface area contributed by atoms with Crippen LogP contribution < -0.4 is 4.74 Å². The monoisotopic (exact) mass is 370 g/mol. The first kappa shape index (κ1) is 18.2. The van der Waals surface area contributed by atoms with Gasteiger partial charge >= 0.3 is 0 Å². The Balaban J connectivity index is 1.92. The number of carbonyl (C=O) groups is 1. The molecule has 2 aromatic rings. The van der Waals surface area contributed by atoms with Gasteiger partial charge in [-0.15, -0.1) is 0 Å². The molecular weight excluding hydrogens is 351 g/mol. The van der Waals surface area contributed by atoms with Crippen molar-refractivity contribution in [3.8, 4) is 5.75 Å². The Hall–Kier alpha value is -2.60. The summed E-state index contributed by atoms with van der Waals surface area (Å²) in [6.07, 6.45) is 1.81. The van der Waals surface area contributed by atoms with Crippen molar-refractivity contribution >= 4 is 34.6 Å². The maximum Gasteiger partial charge on any atom is 0.266 e. The Morgan fingerprint density at radius 2 is 2.00 bits per heavy atom. The molecule has 2 aromatic carbocycles. The van der Waals surface area contributed by atoms with E-state index in [1.54, 1.807) is 23.1 Å². The number of para-hydroxylation sites is 1. The number of aliphatic imine (C=N–C) groups is 1. The minimum atomic E-state index is -0.411. The van der Waals surface area contributed by atoms with Crippen LogP contribution in [0.5, 0.6) is 5.75 Å². The van der Waals surface area contributed by atoms with E-state index in [1.807, 2.05) is 44.2 Å². The van der Waals surface area contributed by atoms with Crippen molar-refractivity contribution in [1.82, 2.24) is 4.90 Å². The molecule has 0 atom stereocenters. The fourth-order valence-electron chi connectivity index (χ4n) is 2.53. The lowest BCUT2D eigenvalue weighted by molar-refractivity contribution is -0.122. The highest BCUT2D eigenvalue weighted by molar-refractivity contribution is 8.18. The number of amidine groups is 1. The summed E-state index contributed by atoms with van der Waals surface area (Å²) in [5.41, 5.74) is 1.09. The van der Waals surface area contributed by atoms with Gasteiger partial charge in [0.15, 0.2) is 5.17 Å². The number of benzene rings is 2.